The highest BCUT2D eigenvalue weighted by Gasteiger charge is 2.12. The smallest absolute Gasteiger partial charge is 0.221 e. The van der Waals surface area contributed by atoms with E-state index < -0.39 is 0 Å². The summed E-state index contributed by atoms with van der Waals surface area (Å²) < 4.78 is 0. The summed E-state index contributed by atoms with van der Waals surface area (Å²) in [7, 11) is 0. The minimum atomic E-state index is -0.0862. The highest BCUT2D eigenvalue weighted by molar-refractivity contribution is 5.92. The molecule has 1 amide bonds. The van der Waals surface area contributed by atoms with Gasteiger partial charge in [-0.15, -0.1) is 0 Å². The van der Waals surface area contributed by atoms with E-state index in [4.69, 9.17) is 0 Å². The molecular formula is C22H21N5O. The first kappa shape index (κ1) is 17.7. The zero-order valence-electron chi connectivity index (χ0n) is 15.7. The molecule has 140 valence electrons. The van der Waals surface area contributed by atoms with Crippen LogP contribution in [0.1, 0.15) is 25.5 Å². The first-order valence-corrected chi connectivity index (χ1v) is 9.13. The van der Waals surface area contributed by atoms with Gasteiger partial charge in [-0.3, -0.25) is 4.79 Å². The minimum Gasteiger partial charge on any atom is -0.363 e. The summed E-state index contributed by atoms with van der Waals surface area (Å²) >= 11 is 0. The number of aromatic nitrogens is 3. The van der Waals surface area contributed by atoms with Gasteiger partial charge in [0.25, 0.3) is 0 Å². The van der Waals surface area contributed by atoms with Crippen LogP contribution in [0.4, 0.5) is 11.5 Å². The summed E-state index contributed by atoms with van der Waals surface area (Å²) in [5, 5.41) is 7.19. The van der Waals surface area contributed by atoms with Crippen molar-refractivity contribution in [2.24, 2.45) is 0 Å². The molecule has 2 aromatic carbocycles. The van der Waals surface area contributed by atoms with Gasteiger partial charge in [-0.05, 0) is 36.2 Å². The zero-order valence-corrected chi connectivity index (χ0v) is 15.7. The van der Waals surface area contributed by atoms with Crippen LogP contribution in [-0.2, 0) is 4.79 Å². The maximum absolute atomic E-state index is 11.2. The van der Waals surface area contributed by atoms with Crippen LogP contribution < -0.4 is 10.6 Å². The Hall–Kier alpha value is -3.67. The molecule has 0 aliphatic rings. The molecule has 0 aliphatic heterocycles. The van der Waals surface area contributed by atoms with Crippen molar-refractivity contribution in [3.05, 3.63) is 72.6 Å². The van der Waals surface area contributed by atoms with Gasteiger partial charge in [0, 0.05) is 24.3 Å². The molecule has 0 aliphatic carbocycles. The number of hydrogen-bond donors (Lipinski definition) is 3. The molecule has 6 heteroatoms. The predicted molar refractivity (Wildman–Crippen MR) is 112 cm³/mol. The fourth-order valence-corrected chi connectivity index (χ4v) is 3.18. The SMILES string of the molecule is CC(=O)Nc1ccc(-c2cc3c(NC(C)c4ccccc4)ncnc3[nH]2)cc1. The van der Waals surface area contributed by atoms with Crippen LogP contribution in [0.15, 0.2) is 67.0 Å². The lowest BCUT2D eigenvalue weighted by molar-refractivity contribution is -0.114. The lowest BCUT2D eigenvalue weighted by Crippen LogP contribution is -2.08. The van der Waals surface area contributed by atoms with Crippen LogP contribution in [-0.4, -0.2) is 20.9 Å². The molecule has 28 heavy (non-hydrogen) atoms. The van der Waals surface area contributed by atoms with Gasteiger partial charge in [-0.1, -0.05) is 42.5 Å². The summed E-state index contributed by atoms with van der Waals surface area (Å²) in [6.45, 7) is 3.60. The first-order valence-electron chi connectivity index (χ1n) is 9.13. The van der Waals surface area contributed by atoms with Crippen molar-refractivity contribution in [2.75, 3.05) is 10.6 Å². The number of carbonyl (C=O) groups excluding carboxylic acids is 1. The van der Waals surface area contributed by atoms with Crippen molar-refractivity contribution in [1.82, 2.24) is 15.0 Å². The van der Waals surface area contributed by atoms with E-state index in [-0.39, 0.29) is 11.9 Å². The van der Waals surface area contributed by atoms with Gasteiger partial charge in [-0.25, -0.2) is 9.97 Å². The van der Waals surface area contributed by atoms with E-state index in [2.05, 4.69) is 44.6 Å². The Balaban J connectivity index is 1.62. The van der Waals surface area contributed by atoms with Crippen molar-refractivity contribution in [3.63, 3.8) is 0 Å². The fourth-order valence-electron chi connectivity index (χ4n) is 3.18. The number of benzene rings is 2. The Kier molecular flexibility index (Phi) is 4.76. The van der Waals surface area contributed by atoms with E-state index in [1.54, 1.807) is 6.33 Å². The lowest BCUT2D eigenvalue weighted by atomic mass is 10.1. The van der Waals surface area contributed by atoms with Crippen molar-refractivity contribution < 1.29 is 4.79 Å². The average Bonchev–Trinajstić information content (AvgIpc) is 3.14. The average molecular weight is 371 g/mol. The normalized spacial score (nSPS) is 11.9. The molecule has 0 bridgehead atoms. The zero-order chi connectivity index (χ0) is 19.5. The van der Waals surface area contributed by atoms with Gasteiger partial charge in [-0.2, -0.15) is 0 Å². The number of H-pyrrole nitrogens is 1. The number of anilines is 2. The van der Waals surface area contributed by atoms with Gasteiger partial charge in [0.15, 0.2) is 0 Å². The van der Waals surface area contributed by atoms with E-state index in [0.717, 1.165) is 33.8 Å². The van der Waals surface area contributed by atoms with E-state index in [1.165, 1.54) is 12.5 Å². The number of hydrogen-bond acceptors (Lipinski definition) is 4. The number of nitrogens with zero attached hydrogens (tertiary/aromatic N) is 2. The second-order valence-corrected chi connectivity index (χ2v) is 6.70. The molecule has 0 saturated heterocycles. The number of nitrogens with one attached hydrogen (secondary N) is 3. The van der Waals surface area contributed by atoms with Crippen LogP contribution in [0, 0.1) is 0 Å². The molecular weight excluding hydrogens is 350 g/mol. The van der Waals surface area contributed by atoms with E-state index in [1.807, 2.05) is 48.5 Å². The van der Waals surface area contributed by atoms with Crippen LogP contribution in [0.5, 0.6) is 0 Å². The van der Waals surface area contributed by atoms with Crippen molar-refractivity contribution in [3.8, 4) is 11.3 Å². The van der Waals surface area contributed by atoms with Gasteiger partial charge in [0.2, 0.25) is 5.91 Å². The maximum Gasteiger partial charge on any atom is 0.221 e. The molecule has 1 atom stereocenters. The van der Waals surface area contributed by atoms with E-state index >= 15 is 0 Å². The fraction of sp³-hybridized carbons (Fsp3) is 0.136. The Labute approximate surface area is 163 Å². The third-order valence-electron chi connectivity index (χ3n) is 4.59. The molecule has 6 nitrogen and oxygen atoms in total. The molecule has 4 rings (SSSR count). The Morgan fingerprint density at radius 3 is 2.50 bits per heavy atom. The molecule has 2 heterocycles. The predicted octanol–water partition coefficient (Wildman–Crippen LogP) is 4.76. The van der Waals surface area contributed by atoms with Crippen molar-refractivity contribution in [2.45, 2.75) is 19.9 Å². The van der Waals surface area contributed by atoms with Gasteiger partial charge in [0.05, 0.1) is 5.39 Å². The monoisotopic (exact) mass is 371 g/mol. The number of carbonyl (C=O) groups is 1. The number of aromatic amines is 1. The van der Waals surface area contributed by atoms with Gasteiger partial charge < -0.3 is 15.6 Å². The van der Waals surface area contributed by atoms with Crippen LogP contribution in [0.25, 0.3) is 22.3 Å². The van der Waals surface area contributed by atoms with Crippen LogP contribution in [0.2, 0.25) is 0 Å². The quantitative estimate of drug-likeness (QED) is 0.472. The molecule has 0 saturated carbocycles. The van der Waals surface area contributed by atoms with E-state index in [9.17, 15) is 4.79 Å². The van der Waals surface area contributed by atoms with Crippen molar-refractivity contribution >= 4 is 28.4 Å². The maximum atomic E-state index is 11.2. The molecule has 2 aromatic heterocycles. The van der Waals surface area contributed by atoms with Crippen LogP contribution in [0.3, 0.4) is 0 Å². The van der Waals surface area contributed by atoms with Crippen LogP contribution >= 0.6 is 0 Å². The standard InChI is InChI=1S/C22H21N5O/c1-14(16-6-4-3-5-7-16)25-21-19-12-20(27-22(19)24-13-23-21)17-8-10-18(11-9-17)26-15(2)28/h3-14H,1-2H3,(H,26,28)(H2,23,24,25,27). The molecule has 4 aromatic rings. The summed E-state index contributed by atoms with van der Waals surface area (Å²) in [5.74, 6) is 0.704. The lowest BCUT2D eigenvalue weighted by Gasteiger charge is -2.15. The van der Waals surface area contributed by atoms with Gasteiger partial charge in [0.1, 0.15) is 17.8 Å². The van der Waals surface area contributed by atoms with Gasteiger partial charge >= 0.3 is 0 Å². The second-order valence-electron chi connectivity index (χ2n) is 6.70. The third-order valence-corrected chi connectivity index (χ3v) is 4.59. The molecule has 3 N–H and O–H groups in total. The number of amides is 1. The minimum absolute atomic E-state index is 0.0862. The summed E-state index contributed by atoms with van der Waals surface area (Å²) in [6.07, 6.45) is 1.56. The molecule has 0 fully saturated rings. The number of fused-ring (bicyclic) bond motifs is 1. The Morgan fingerprint density at radius 1 is 1.04 bits per heavy atom. The summed E-state index contributed by atoms with van der Waals surface area (Å²) in [5.41, 5.74) is 4.69. The Bertz CT molecular complexity index is 1100. The third kappa shape index (κ3) is 3.71. The number of rotatable bonds is 5. The highest BCUT2D eigenvalue weighted by atomic mass is 16.1. The highest BCUT2D eigenvalue weighted by Crippen LogP contribution is 2.29. The summed E-state index contributed by atoms with van der Waals surface area (Å²) in [4.78, 5) is 23.3. The molecule has 1 unspecified atom stereocenters. The Morgan fingerprint density at radius 2 is 1.79 bits per heavy atom. The largest absolute Gasteiger partial charge is 0.363 e. The first-order chi connectivity index (χ1) is 13.6. The van der Waals surface area contributed by atoms with Crippen molar-refractivity contribution in [1.29, 1.82) is 0 Å². The topological polar surface area (TPSA) is 82.7 Å². The second kappa shape index (κ2) is 7.52. The molecule has 0 spiro atoms. The summed E-state index contributed by atoms with van der Waals surface area (Å²) in [6, 6.07) is 20.1. The molecule has 0 radical (unpaired) electrons. The van der Waals surface area contributed by atoms with E-state index in [0.29, 0.717) is 0 Å².